The van der Waals surface area contributed by atoms with Crippen LogP contribution in [0.5, 0.6) is 0 Å². The van der Waals surface area contributed by atoms with Crippen molar-refractivity contribution in [3.05, 3.63) is 34.4 Å². The van der Waals surface area contributed by atoms with Crippen molar-refractivity contribution in [2.45, 2.75) is 59.1 Å². The van der Waals surface area contributed by atoms with Gasteiger partial charge in [0.2, 0.25) is 0 Å². The van der Waals surface area contributed by atoms with E-state index in [1.165, 1.54) is 22.3 Å². The van der Waals surface area contributed by atoms with Crippen molar-refractivity contribution in [3.63, 3.8) is 0 Å². The van der Waals surface area contributed by atoms with E-state index in [0.717, 1.165) is 25.8 Å². The molecule has 1 aromatic carbocycles. The molecular weight excluding hydrogens is 234 g/mol. The highest BCUT2D eigenvalue weighted by molar-refractivity contribution is 5.38. The summed E-state index contributed by atoms with van der Waals surface area (Å²) in [5, 5.41) is 13.2. The van der Waals surface area contributed by atoms with Crippen LogP contribution in [0.3, 0.4) is 0 Å². The standard InChI is InChI=1S/C17H27NO/c1-11-7-13(3)17(8-12(11)2)14(4)18-10-15-5-6-16(19)9-15/h7-8,14-16,18-19H,5-6,9-10H2,1-4H3. The number of nitrogens with one attached hydrogen (secondary N) is 1. The molecule has 0 amide bonds. The minimum atomic E-state index is -0.0644. The molecule has 0 aliphatic heterocycles. The van der Waals surface area contributed by atoms with Crippen LogP contribution in [0.4, 0.5) is 0 Å². The van der Waals surface area contributed by atoms with Gasteiger partial charge in [-0.1, -0.05) is 12.1 Å². The zero-order valence-electron chi connectivity index (χ0n) is 12.7. The summed E-state index contributed by atoms with van der Waals surface area (Å²) in [6.07, 6.45) is 3.03. The Labute approximate surface area is 117 Å². The number of hydrogen-bond acceptors (Lipinski definition) is 2. The number of benzene rings is 1. The van der Waals surface area contributed by atoms with Gasteiger partial charge in [-0.25, -0.2) is 0 Å². The lowest BCUT2D eigenvalue weighted by Gasteiger charge is -2.20. The SMILES string of the molecule is Cc1cc(C)c(C(C)NCC2CCC(O)C2)cc1C. The molecule has 2 rings (SSSR count). The summed E-state index contributed by atoms with van der Waals surface area (Å²) in [6.45, 7) is 9.80. The van der Waals surface area contributed by atoms with Gasteiger partial charge < -0.3 is 10.4 Å². The molecule has 0 bridgehead atoms. The van der Waals surface area contributed by atoms with Crippen LogP contribution >= 0.6 is 0 Å². The Morgan fingerprint density at radius 3 is 2.47 bits per heavy atom. The van der Waals surface area contributed by atoms with E-state index < -0.39 is 0 Å². The number of aliphatic hydroxyl groups is 1. The van der Waals surface area contributed by atoms with Gasteiger partial charge in [-0.05, 0) is 81.7 Å². The third-order valence-corrected chi connectivity index (χ3v) is 4.58. The van der Waals surface area contributed by atoms with Gasteiger partial charge in [-0.3, -0.25) is 0 Å². The van der Waals surface area contributed by atoms with Crippen LogP contribution in [0.15, 0.2) is 12.1 Å². The zero-order valence-corrected chi connectivity index (χ0v) is 12.7. The fourth-order valence-corrected chi connectivity index (χ4v) is 3.14. The first-order chi connectivity index (χ1) is 8.97. The number of rotatable bonds is 4. The average Bonchev–Trinajstić information content (AvgIpc) is 2.77. The largest absolute Gasteiger partial charge is 0.393 e. The Balaban J connectivity index is 1.96. The summed E-state index contributed by atoms with van der Waals surface area (Å²) < 4.78 is 0. The Morgan fingerprint density at radius 1 is 1.16 bits per heavy atom. The van der Waals surface area contributed by atoms with Crippen LogP contribution in [0, 0.1) is 26.7 Å². The maximum Gasteiger partial charge on any atom is 0.0543 e. The highest BCUT2D eigenvalue weighted by Crippen LogP contribution is 2.26. The molecule has 0 aromatic heterocycles. The van der Waals surface area contributed by atoms with Crippen molar-refractivity contribution in [2.75, 3.05) is 6.54 Å². The van der Waals surface area contributed by atoms with E-state index in [9.17, 15) is 5.11 Å². The highest BCUT2D eigenvalue weighted by atomic mass is 16.3. The minimum Gasteiger partial charge on any atom is -0.393 e. The lowest BCUT2D eigenvalue weighted by Crippen LogP contribution is -2.25. The van der Waals surface area contributed by atoms with Gasteiger partial charge in [-0.2, -0.15) is 0 Å². The highest BCUT2D eigenvalue weighted by Gasteiger charge is 2.23. The third-order valence-electron chi connectivity index (χ3n) is 4.58. The molecule has 3 unspecified atom stereocenters. The molecule has 0 saturated heterocycles. The van der Waals surface area contributed by atoms with Crippen molar-refractivity contribution < 1.29 is 5.11 Å². The Hall–Kier alpha value is -0.860. The molecule has 0 spiro atoms. The fraction of sp³-hybridized carbons (Fsp3) is 0.647. The van der Waals surface area contributed by atoms with Gasteiger partial charge in [0.1, 0.15) is 0 Å². The van der Waals surface area contributed by atoms with Crippen molar-refractivity contribution in [1.82, 2.24) is 5.32 Å². The minimum absolute atomic E-state index is 0.0644. The smallest absolute Gasteiger partial charge is 0.0543 e. The molecule has 106 valence electrons. The molecule has 1 aromatic rings. The van der Waals surface area contributed by atoms with Crippen LogP contribution in [0.1, 0.15) is 54.5 Å². The van der Waals surface area contributed by atoms with Crippen LogP contribution in [0.2, 0.25) is 0 Å². The molecule has 3 atom stereocenters. The number of hydrogen-bond donors (Lipinski definition) is 2. The summed E-state index contributed by atoms with van der Waals surface area (Å²) >= 11 is 0. The Kier molecular flexibility index (Phi) is 4.64. The van der Waals surface area contributed by atoms with E-state index in [4.69, 9.17) is 0 Å². The second-order valence-electron chi connectivity index (χ2n) is 6.26. The quantitative estimate of drug-likeness (QED) is 0.870. The molecule has 1 fully saturated rings. The zero-order chi connectivity index (χ0) is 14.0. The predicted molar refractivity (Wildman–Crippen MR) is 80.4 cm³/mol. The maximum absolute atomic E-state index is 9.57. The second kappa shape index (κ2) is 6.06. The topological polar surface area (TPSA) is 32.3 Å². The van der Waals surface area contributed by atoms with E-state index in [-0.39, 0.29) is 6.10 Å². The molecular formula is C17H27NO. The molecule has 2 N–H and O–H groups in total. The Morgan fingerprint density at radius 2 is 1.84 bits per heavy atom. The van der Waals surface area contributed by atoms with Crippen LogP contribution in [-0.4, -0.2) is 17.8 Å². The summed E-state index contributed by atoms with van der Waals surface area (Å²) in [5.74, 6) is 0.643. The van der Waals surface area contributed by atoms with E-state index in [2.05, 4.69) is 45.1 Å². The molecule has 0 radical (unpaired) electrons. The van der Waals surface area contributed by atoms with Gasteiger partial charge in [0.15, 0.2) is 0 Å². The molecule has 2 nitrogen and oxygen atoms in total. The third kappa shape index (κ3) is 3.58. The van der Waals surface area contributed by atoms with Crippen molar-refractivity contribution >= 4 is 0 Å². The maximum atomic E-state index is 9.57. The molecule has 1 saturated carbocycles. The van der Waals surface area contributed by atoms with Gasteiger partial charge in [-0.15, -0.1) is 0 Å². The van der Waals surface area contributed by atoms with E-state index in [1.54, 1.807) is 0 Å². The summed E-state index contributed by atoms with van der Waals surface area (Å²) in [7, 11) is 0. The van der Waals surface area contributed by atoms with E-state index in [1.807, 2.05) is 0 Å². The van der Waals surface area contributed by atoms with Crippen LogP contribution in [0.25, 0.3) is 0 Å². The van der Waals surface area contributed by atoms with Gasteiger partial charge in [0.25, 0.3) is 0 Å². The molecule has 2 heteroatoms. The van der Waals surface area contributed by atoms with Crippen molar-refractivity contribution in [2.24, 2.45) is 5.92 Å². The Bertz CT molecular complexity index is 441. The number of aryl methyl sites for hydroxylation is 3. The molecule has 0 heterocycles. The van der Waals surface area contributed by atoms with Gasteiger partial charge >= 0.3 is 0 Å². The first-order valence-electron chi connectivity index (χ1n) is 7.46. The van der Waals surface area contributed by atoms with Gasteiger partial charge in [0, 0.05) is 6.04 Å². The molecule has 1 aliphatic rings. The summed E-state index contributed by atoms with van der Waals surface area (Å²) in [5.41, 5.74) is 5.51. The van der Waals surface area contributed by atoms with Crippen LogP contribution < -0.4 is 5.32 Å². The first kappa shape index (κ1) is 14.5. The van der Waals surface area contributed by atoms with E-state index in [0.29, 0.717) is 12.0 Å². The fourth-order valence-electron chi connectivity index (χ4n) is 3.14. The van der Waals surface area contributed by atoms with Crippen molar-refractivity contribution in [1.29, 1.82) is 0 Å². The number of aliphatic hydroxyl groups excluding tert-OH is 1. The monoisotopic (exact) mass is 261 g/mol. The van der Waals surface area contributed by atoms with Crippen molar-refractivity contribution in [3.8, 4) is 0 Å². The normalized spacial score (nSPS) is 24.7. The molecule has 1 aliphatic carbocycles. The van der Waals surface area contributed by atoms with Gasteiger partial charge in [0.05, 0.1) is 6.10 Å². The predicted octanol–water partition coefficient (Wildman–Crippen LogP) is 3.42. The van der Waals surface area contributed by atoms with Crippen LogP contribution in [-0.2, 0) is 0 Å². The summed E-state index contributed by atoms with van der Waals surface area (Å²) in [4.78, 5) is 0. The lowest BCUT2D eigenvalue weighted by molar-refractivity contribution is 0.177. The first-order valence-corrected chi connectivity index (χ1v) is 7.46. The molecule has 19 heavy (non-hydrogen) atoms. The van der Waals surface area contributed by atoms with E-state index >= 15 is 0 Å². The lowest BCUT2D eigenvalue weighted by atomic mass is 9.96. The summed E-state index contributed by atoms with van der Waals surface area (Å²) in [6, 6.07) is 4.98. The second-order valence-corrected chi connectivity index (χ2v) is 6.26. The average molecular weight is 261 g/mol.